The average Bonchev–Trinajstić information content (AvgIpc) is 3.02. The molecule has 1 aromatic carbocycles. The van der Waals surface area contributed by atoms with E-state index in [1.807, 2.05) is 12.1 Å². The van der Waals surface area contributed by atoms with E-state index in [1.165, 1.54) is 11.1 Å². The van der Waals surface area contributed by atoms with E-state index in [1.54, 1.807) is 17.4 Å². The number of fused-ring (bicyclic) bond motifs is 1. The van der Waals surface area contributed by atoms with Crippen LogP contribution in [0, 0.1) is 6.92 Å². The molecule has 0 aliphatic carbocycles. The molecule has 1 amide bonds. The monoisotopic (exact) mass is 388 g/mol. The molecule has 1 N–H and O–H groups in total. The number of aromatic nitrogens is 1. The van der Waals surface area contributed by atoms with Crippen LogP contribution in [0.5, 0.6) is 0 Å². The van der Waals surface area contributed by atoms with E-state index in [0.717, 1.165) is 14.0 Å². The van der Waals surface area contributed by atoms with Gasteiger partial charge in [-0.25, -0.2) is 0 Å². The smallest absolute Gasteiger partial charge is 0.268 e. The Morgan fingerprint density at radius 1 is 1.39 bits per heavy atom. The van der Waals surface area contributed by atoms with E-state index in [-0.39, 0.29) is 5.91 Å². The molecule has 0 atom stereocenters. The van der Waals surface area contributed by atoms with Crippen molar-refractivity contribution >= 4 is 43.4 Å². The fourth-order valence-corrected chi connectivity index (χ4v) is 4.18. The Balaban J connectivity index is 2.04. The van der Waals surface area contributed by atoms with Crippen LogP contribution in [-0.4, -0.2) is 17.0 Å². The second-order valence-electron chi connectivity index (χ2n) is 5.40. The van der Waals surface area contributed by atoms with Gasteiger partial charge in [-0.15, -0.1) is 17.9 Å². The van der Waals surface area contributed by atoms with Crippen molar-refractivity contribution in [3.8, 4) is 0 Å². The zero-order valence-electron chi connectivity index (χ0n) is 12.8. The highest BCUT2D eigenvalue weighted by atomic mass is 79.9. The number of carbonyl (C=O) groups is 1. The maximum absolute atomic E-state index is 12.4. The van der Waals surface area contributed by atoms with E-state index in [9.17, 15) is 4.79 Å². The van der Waals surface area contributed by atoms with Crippen molar-refractivity contribution in [1.29, 1.82) is 0 Å². The van der Waals surface area contributed by atoms with Crippen molar-refractivity contribution in [1.82, 2.24) is 9.88 Å². The predicted octanol–water partition coefficient (Wildman–Crippen LogP) is 4.74. The lowest BCUT2D eigenvalue weighted by atomic mass is 10.1. The first-order valence-corrected chi connectivity index (χ1v) is 8.92. The third-order valence-electron chi connectivity index (χ3n) is 3.62. The van der Waals surface area contributed by atoms with Gasteiger partial charge in [0.25, 0.3) is 5.91 Å². The van der Waals surface area contributed by atoms with Crippen molar-refractivity contribution in [3.05, 3.63) is 69.7 Å². The molecule has 0 spiro atoms. The lowest BCUT2D eigenvalue weighted by Gasteiger charge is -2.11. The van der Waals surface area contributed by atoms with Gasteiger partial charge in [0, 0.05) is 13.1 Å². The number of carbonyl (C=O) groups excluding carboxylic acids is 1. The molecule has 3 rings (SSSR count). The molecule has 3 nitrogen and oxygen atoms in total. The molecule has 0 aliphatic heterocycles. The molecular formula is C18H17BrN2OS. The molecule has 2 aromatic heterocycles. The van der Waals surface area contributed by atoms with Gasteiger partial charge in [0.15, 0.2) is 0 Å². The van der Waals surface area contributed by atoms with E-state index < -0.39 is 0 Å². The minimum absolute atomic E-state index is 0.0722. The minimum Gasteiger partial charge on any atom is -0.347 e. The summed E-state index contributed by atoms with van der Waals surface area (Å²) in [7, 11) is 0. The largest absolute Gasteiger partial charge is 0.347 e. The number of hydrogen-bond acceptors (Lipinski definition) is 2. The van der Waals surface area contributed by atoms with E-state index in [4.69, 9.17) is 0 Å². The van der Waals surface area contributed by atoms with E-state index in [0.29, 0.717) is 18.8 Å². The molecular weight excluding hydrogens is 372 g/mol. The van der Waals surface area contributed by atoms with Crippen molar-refractivity contribution in [3.63, 3.8) is 0 Å². The fraction of sp³-hybridized carbons (Fsp3) is 0.167. The zero-order chi connectivity index (χ0) is 16.4. The van der Waals surface area contributed by atoms with Crippen LogP contribution in [0.15, 0.2) is 52.8 Å². The van der Waals surface area contributed by atoms with E-state index in [2.05, 4.69) is 63.6 Å². The number of halogens is 1. The Kier molecular flexibility index (Phi) is 4.68. The van der Waals surface area contributed by atoms with Crippen LogP contribution < -0.4 is 5.32 Å². The SMILES string of the molecule is C=CCNC(=O)c1cc2sc(Br)cc2n1Cc1cccc(C)c1. The molecule has 0 radical (unpaired) electrons. The number of benzene rings is 1. The zero-order valence-corrected chi connectivity index (χ0v) is 15.2. The Labute approximate surface area is 147 Å². The Morgan fingerprint density at radius 3 is 2.96 bits per heavy atom. The van der Waals surface area contributed by atoms with Crippen LogP contribution in [0.25, 0.3) is 10.2 Å². The van der Waals surface area contributed by atoms with Crippen LogP contribution in [0.3, 0.4) is 0 Å². The summed E-state index contributed by atoms with van der Waals surface area (Å²) in [6, 6.07) is 12.4. The highest BCUT2D eigenvalue weighted by molar-refractivity contribution is 9.11. The van der Waals surface area contributed by atoms with Gasteiger partial charge < -0.3 is 9.88 Å². The number of nitrogens with zero attached hydrogens (tertiary/aromatic N) is 1. The van der Waals surface area contributed by atoms with Gasteiger partial charge in [0.1, 0.15) is 5.69 Å². The topological polar surface area (TPSA) is 34.0 Å². The molecule has 0 bridgehead atoms. The number of hydrogen-bond donors (Lipinski definition) is 1. The molecule has 0 unspecified atom stereocenters. The molecule has 0 aliphatic rings. The van der Waals surface area contributed by atoms with Gasteiger partial charge >= 0.3 is 0 Å². The molecule has 5 heteroatoms. The average molecular weight is 389 g/mol. The number of amides is 1. The highest BCUT2D eigenvalue weighted by Gasteiger charge is 2.17. The van der Waals surface area contributed by atoms with Gasteiger partial charge in [-0.2, -0.15) is 0 Å². The lowest BCUT2D eigenvalue weighted by Crippen LogP contribution is -2.26. The third kappa shape index (κ3) is 3.41. The first kappa shape index (κ1) is 16.0. The summed E-state index contributed by atoms with van der Waals surface area (Å²) in [6.07, 6.45) is 1.69. The number of aryl methyl sites for hydroxylation is 1. The van der Waals surface area contributed by atoms with Gasteiger partial charge in [-0.3, -0.25) is 4.79 Å². The first-order chi connectivity index (χ1) is 11.1. The van der Waals surface area contributed by atoms with Gasteiger partial charge in [0.2, 0.25) is 0 Å². The number of rotatable bonds is 5. The molecule has 0 fully saturated rings. The summed E-state index contributed by atoms with van der Waals surface area (Å²) >= 11 is 5.17. The van der Waals surface area contributed by atoms with Crippen molar-refractivity contribution < 1.29 is 4.79 Å². The summed E-state index contributed by atoms with van der Waals surface area (Å²) in [5, 5.41) is 2.87. The maximum Gasteiger partial charge on any atom is 0.268 e. The van der Waals surface area contributed by atoms with Crippen molar-refractivity contribution in [2.24, 2.45) is 0 Å². The molecule has 0 saturated heterocycles. The normalized spacial score (nSPS) is 10.9. The third-order valence-corrected chi connectivity index (χ3v) is 5.20. The second kappa shape index (κ2) is 6.72. The van der Waals surface area contributed by atoms with E-state index >= 15 is 0 Å². The summed E-state index contributed by atoms with van der Waals surface area (Å²) in [4.78, 5) is 12.4. The second-order valence-corrected chi connectivity index (χ2v) is 7.87. The predicted molar refractivity (Wildman–Crippen MR) is 100 cm³/mol. The Morgan fingerprint density at radius 2 is 2.22 bits per heavy atom. The van der Waals surface area contributed by atoms with Crippen molar-refractivity contribution in [2.75, 3.05) is 6.54 Å². The van der Waals surface area contributed by atoms with Crippen molar-refractivity contribution in [2.45, 2.75) is 13.5 Å². The van der Waals surface area contributed by atoms with Gasteiger partial charge in [0.05, 0.1) is 14.0 Å². The first-order valence-electron chi connectivity index (χ1n) is 7.31. The number of nitrogens with one attached hydrogen (secondary N) is 1. The summed E-state index contributed by atoms with van der Waals surface area (Å²) in [6.45, 7) is 6.86. The molecule has 0 saturated carbocycles. The quantitative estimate of drug-likeness (QED) is 0.629. The Bertz CT molecular complexity index is 878. The van der Waals surface area contributed by atoms with Crippen LogP contribution in [0.1, 0.15) is 21.6 Å². The molecule has 3 aromatic rings. The molecule has 23 heavy (non-hydrogen) atoms. The lowest BCUT2D eigenvalue weighted by molar-refractivity contribution is 0.0949. The summed E-state index contributed by atoms with van der Waals surface area (Å²) < 4.78 is 4.25. The molecule has 2 heterocycles. The fourth-order valence-electron chi connectivity index (χ4n) is 2.62. The highest BCUT2D eigenvalue weighted by Crippen LogP contribution is 2.33. The number of thiophene rings is 1. The standard InChI is InChI=1S/C18H17BrN2OS/c1-3-7-20-18(22)15-9-16-14(10-17(19)23-16)21(15)11-13-6-4-5-12(2)8-13/h3-6,8-10H,1,7,11H2,2H3,(H,20,22). The Hall–Kier alpha value is -1.85. The van der Waals surface area contributed by atoms with Crippen LogP contribution >= 0.6 is 27.3 Å². The van der Waals surface area contributed by atoms with Crippen LogP contribution in [-0.2, 0) is 6.54 Å². The van der Waals surface area contributed by atoms with Gasteiger partial charge in [-0.1, -0.05) is 35.9 Å². The van der Waals surface area contributed by atoms with Crippen LogP contribution in [0.4, 0.5) is 0 Å². The summed E-state index contributed by atoms with van der Waals surface area (Å²) in [5.74, 6) is -0.0722. The maximum atomic E-state index is 12.4. The van der Waals surface area contributed by atoms with Gasteiger partial charge in [-0.05, 0) is 40.5 Å². The molecule has 118 valence electrons. The minimum atomic E-state index is -0.0722. The summed E-state index contributed by atoms with van der Waals surface area (Å²) in [5.41, 5.74) is 4.16. The van der Waals surface area contributed by atoms with Crippen LogP contribution in [0.2, 0.25) is 0 Å².